The predicted molar refractivity (Wildman–Crippen MR) is 74.3 cm³/mol. The number of hydrogen-bond acceptors (Lipinski definition) is 2. The Morgan fingerprint density at radius 1 is 1.11 bits per heavy atom. The van der Waals surface area contributed by atoms with Crippen LogP contribution in [0.15, 0.2) is 0 Å². The van der Waals surface area contributed by atoms with Gasteiger partial charge in [-0.1, -0.05) is 13.3 Å². The van der Waals surface area contributed by atoms with E-state index in [2.05, 4.69) is 6.92 Å². The van der Waals surface area contributed by atoms with E-state index in [1.807, 2.05) is 0 Å². The van der Waals surface area contributed by atoms with Crippen LogP contribution in [0.3, 0.4) is 0 Å². The Morgan fingerprint density at radius 2 is 1.67 bits per heavy atom. The second-order valence-corrected chi connectivity index (χ2v) is 7.31. The molecule has 4 aliphatic rings. The lowest BCUT2D eigenvalue weighted by Crippen LogP contribution is -2.56. The van der Waals surface area contributed by atoms with Crippen molar-refractivity contribution in [2.45, 2.75) is 64.3 Å². The molecule has 0 aromatic rings. The van der Waals surface area contributed by atoms with Gasteiger partial charge >= 0.3 is 0 Å². The van der Waals surface area contributed by atoms with E-state index in [9.17, 15) is 0 Å². The maximum absolute atomic E-state index is 6.53. The topological polar surface area (TPSA) is 35.2 Å². The van der Waals surface area contributed by atoms with Crippen molar-refractivity contribution in [2.24, 2.45) is 28.9 Å². The quantitative estimate of drug-likeness (QED) is 0.735. The molecule has 4 rings (SSSR count). The zero-order valence-corrected chi connectivity index (χ0v) is 11.9. The molecule has 0 saturated heterocycles. The summed E-state index contributed by atoms with van der Waals surface area (Å²) < 4.78 is 5.80. The molecule has 4 saturated carbocycles. The van der Waals surface area contributed by atoms with Crippen LogP contribution in [0.25, 0.3) is 0 Å². The van der Waals surface area contributed by atoms with Crippen molar-refractivity contribution in [3.05, 3.63) is 0 Å². The molecule has 104 valence electrons. The van der Waals surface area contributed by atoms with E-state index in [0.29, 0.717) is 11.5 Å². The summed E-state index contributed by atoms with van der Waals surface area (Å²) in [7, 11) is 0. The molecule has 4 fully saturated rings. The van der Waals surface area contributed by atoms with Crippen molar-refractivity contribution in [3.63, 3.8) is 0 Å². The number of hydrogen-bond donors (Lipinski definition) is 1. The number of rotatable bonds is 6. The first-order valence-corrected chi connectivity index (χ1v) is 8.05. The van der Waals surface area contributed by atoms with E-state index in [1.165, 1.54) is 51.4 Å². The summed E-state index contributed by atoms with van der Waals surface area (Å²) in [6, 6.07) is 0.294. The van der Waals surface area contributed by atoms with Crippen molar-refractivity contribution in [3.8, 4) is 0 Å². The maximum Gasteiger partial charge on any atom is 0.0622 e. The van der Waals surface area contributed by atoms with Gasteiger partial charge in [-0.3, -0.25) is 0 Å². The first kappa shape index (κ1) is 12.9. The van der Waals surface area contributed by atoms with Crippen LogP contribution in [-0.4, -0.2) is 19.3 Å². The number of unbranched alkanes of at least 4 members (excludes halogenated alkanes) is 1. The SMILES string of the molecule is CCCCOCC(N)C12CC3CC(CC(C3)C1)C2. The molecule has 1 atom stereocenters. The van der Waals surface area contributed by atoms with Crippen molar-refractivity contribution >= 4 is 0 Å². The van der Waals surface area contributed by atoms with E-state index in [0.717, 1.165) is 31.0 Å². The minimum Gasteiger partial charge on any atom is -0.380 e. The summed E-state index contributed by atoms with van der Waals surface area (Å²) in [6.07, 6.45) is 11.1. The molecule has 1 unspecified atom stereocenters. The van der Waals surface area contributed by atoms with Gasteiger partial charge in [0.15, 0.2) is 0 Å². The molecule has 0 heterocycles. The minimum atomic E-state index is 0.294. The smallest absolute Gasteiger partial charge is 0.0622 e. The molecule has 2 nitrogen and oxygen atoms in total. The Balaban J connectivity index is 1.57. The molecule has 2 N–H and O–H groups in total. The molecule has 18 heavy (non-hydrogen) atoms. The van der Waals surface area contributed by atoms with Crippen molar-refractivity contribution in [1.29, 1.82) is 0 Å². The summed E-state index contributed by atoms with van der Waals surface area (Å²) in [5.74, 6) is 2.99. The molecule has 4 bridgehead atoms. The third kappa shape index (κ3) is 2.34. The summed E-state index contributed by atoms with van der Waals surface area (Å²) in [5.41, 5.74) is 6.99. The van der Waals surface area contributed by atoms with Gasteiger partial charge in [0.1, 0.15) is 0 Å². The van der Waals surface area contributed by atoms with Crippen LogP contribution in [-0.2, 0) is 4.74 Å². The van der Waals surface area contributed by atoms with Gasteiger partial charge in [0, 0.05) is 12.6 Å². The fourth-order valence-corrected chi connectivity index (χ4v) is 5.27. The number of nitrogens with two attached hydrogens (primary N) is 1. The van der Waals surface area contributed by atoms with Gasteiger partial charge in [-0.25, -0.2) is 0 Å². The molecule has 0 aromatic heterocycles. The van der Waals surface area contributed by atoms with Crippen molar-refractivity contribution in [1.82, 2.24) is 0 Å². The molecule has 0 aromatic carbocycles. The van der Waals surface area contributed by atoms with Gasteiger partial charge in [0.05, 0.1) is 6.61 Å². The lowest BCUT2D eigenvalue weighted by Gasteiger charge is -2.58. The third-order valence-corrected chi connectivity index (χ3v) is 5.81. The van der Waals surface area contributed by atoms with E-state index in [1.54, 1.807) is 0 Å². The van der Waals surface area contributed by atoms with Gasteiger partial charge < -0.3 is 10.5 Å². The van der Waals surface area contributed by atoms with Crippen LogP contribution in [0.2, 0.25) is 0 Å². The Bertz CT molecular complexity index is 254. The standard InChI is InChI=1S/C16H29NO/c1-2-3-4-18-11-15(17)16-8-12-5-13(9-16)7-14(6-12)10-16/h12-15H,2-11,17H2,1H3. The average Bonchev–Trinajstić information content (AvgIpc) is 2.32. The first-order valence-electron chi connectivity index (χ1n) is 8.05. The monoisotopic (exact) mass is 251 g/mol. The molecular formula is C16H29NO. The highest BCUT2D eigenvalue weighted by Crippen LogP contribution is 2.60. The Kier molecular flexibility index (Phi) is 3.68. The van der Waals surface area contributed by atoms with Gasteiger partial charge in [-0.05, 0) is 68.1 Å². The Hall–Kier alpha value is -0.0800. The minimum absolute atomic E-state index is 0.294. The molecule has 4 aliphatic carbocycles. The highest BCUT2D eigenvalue weighted by Gasteiger charge is 2.53. The van der Waals surface area contributed by atoms with Crippen LogP contribution in [0.5, 0.6) is 0 Å². The van der Waals surface area contributed by atoms with Gasteiger partial charge in [0.2, 0.25) is 0 Å². The molecule has 0 amide bonds. The summed E-state index contributed by atoms with van der Waals surface area (Å²) in [6.45, 7) is 3.91. The van der Waals surface area contributed by atoms with E-state index in [4.69, 9.17) is 10.5 Å². The molecular weight excluding hydrogens is 222 g/mol. The van der Waals surface area contributed by atoms with Crippen molar-refractivity contribution < 1.29 is 4.74 Å². The molecule has 2 heteroatoms. The average molecular weight is 251 g/mol. The van der Waals surface area contributed by atoms with Gasteiger partial charge in [0.25, 0.3) is 0 Å². The Labute approximate surface area is 112 Å². The fourth-order valence-electron chi connectivity index (χ4n) is 5.27. The summed E-state index contributed by atoms with van der Waals surface area (Å²) in [5, 5.41) is 0. The molecule has 0 radical (unpaired) electrons. The van der Waals surface area contributed by atoms with Crippen LogP contribution >= 0.6 is 0 Å². The van der Waals surface area contributed by atoms with Gasteiger partial charge in [-0.2, -0.15) is 0 Å². The highest BCUT2D eigenvalue weighted by atomic mass is 16.5. The van der Waals surface area contributed by atoms with Crippen LogP contribution < -0.4 is 5.73 Å². The largest absolute Gasteiger partial charge is 0.380 e. The lowest BCUT2D eigenvalue weighted by atomic mass is 9.48. The number of ether oxygens (including phenoxy) is 1. The molecule has 0 spiro atoms. The van der Waals surface area contributed by atoms with Crippen LogP contribution in [0, 0.1) is 23.2 Å². The second kappa shape index (κ2) is 5.13. The van der Waals surface area contributed by atoms with Crippen LogP contribution in [0.4, 0.5) is 0 Å². The zero-order chi connectivity index (χ0) is 12.6. The van der Waals surface area contributed by atoms with Crippen molar-refractivity contribution in [2.75, 3.05) is 13.2 Å². The predicted octanol–water partition coefficient (Wildman–Crippen LogP) is 3.35. The summed E-state index contributed by atoms with van der Waals surface area (Å²) >= 11 is 0. The second-order valence-electron chi connectivity index (χ2n) is 7.31. The van der Waals surface area contributed by atoms with E-state index >= 15 is 0 Å². The first-order chi connectivity index (χ1) is 8.72. The fraction of sp³-hybridized carbons (Fsp3) is 1.00. The third-order valence-electron chi connectivity index (χ3n) is 5.81. The maximum atomic E-state index is 6.53. The van der Waals surface area contributed by atoms with Crippen LogP contribution in [0.1, 0.15) is 58.3 Å². The lowest BCUT2D eigenvalue weighted by molar-refractivity contribution is -0.0806. The van der Waals surface area contributed by atoms with Gasteiger partial charge in [-0.15, -0.1) is 0 Å². The summed E-state index contributed by atoms with van der Waals surface area (Å²) in [4.78, 5) is 0. The normalized spacial score (nSPS) is 43.3. The Morgan fingerprint density at radius 3 is 2.17 bits per heavy atom. The van der Waals surface area contributed by atoms with E-state index < -0.39 is 0 Å². The highest BCUT2D eigenvalue weighted by molar-refractivity contribution is 5.05. The molecule has 0 aliphatic heterocycles. The zero-order valence-electron chi connectivity index (χ0n) is 11.9. The van der Waals surface area contributed by atoms with E-state index in [-0.39, 0.29) is 0 Å².